The van der Waals surface area contributed by atoms with Crippen LogP contribution in [0.3, 0.4) is 0 Å². The van der Waals surface area contributed by atoms with Crippen LogP contribution in [-0.2, 0) is 11.3 Å². The second-order valence-corrected chi connectivity index (χ2v) is 9.08. The third-order valence-electron chi connectivity index (χ3n) is 4.76. The first-order chi connectivity index (χ1) is 15.2. The average Bonchev–Trinajstić information content (AvgIpc) is 3.25. The Morgan fingerprint density at radius 1 is 1.06 bits per heavy atom. The van der Waals surface area contributed by atoms with Crippen LogP contribution in [-0.4, -0.2) is 28.7 Å². The van der Waals surface area contributed by atoms with Gasteiger partial charge in [0.15, 0.2) is 5.13 Å². The number of pyridine rings is 1. The molecule has 0 aliphatic heterocycles. The van der Waals surface area contributed by atoms with Gasteiger partial charge in [-0.15, -0.1) is 11.8 Å². The molecule has 0 unspecified atom stereocenters. The summed E-state index contributed by atoms with van der Waals surface area (Å²) < 4.78 is 6.45. The number of thioether (sulfide) groups is 1. The molecule has 0 radical (unpaired) electrons. The average molecular weight is 450 g/mol. The van der Waals surface area contributed by atoms with Crippen molar-refractivity contribution >= 4 is 44.4 Å². The molecule has 0 N–H and O–H groups in total. The largest absolute Gasteiger partial charge is 0.494 e. The molecule has 0 aliphatic rings. The number of aromatic nitrogens is 2. The van der Waals surface area contributed by atoms with Crippen molar-refractivity contribution in [2.45, 2.75) is 24.3 Å². The van der Waals surface area contributed by atoms with Gasteiger partial charge in [-0.3, -0.25) is 14.7 Å². The Morgan fingerprint density at radius 2 is 1.87 bits per heavy atom. The summed E-state index contributed by atoms with van der Waals surface area (Å²) in [6, 6.07) is 20.0. The number of rotatable bonds is 9. The number of methoxy groups -OCH3 is 1. The van der Waals surface area contributed by atoms with Crippen LogP contribution in [0, 0.1) is 0 Å². The van der Waals surface area contributed by atoms with Crippen molar-refractivity contribution in [2.75, 3.05) is 17.8 Å². The SMILES string of the molecule is COc1cccc2sc(N(Cc3ccncc3)C(=O)CCCSc3ccccc3)nc12. The summed E-state index contributed by atoms with van der Waals surface area (Å²) >= 11 is 3.29. The summed E-state index contributed by atoms with van der Waals surface area (Å²) in [6.07, 6.45) is 4.77. The minimum absolute atomic E-state index is 0.0727. The smallest absolute Gasteiger partial charge is 0.229 e. The number of benzene rings is 2. The zero-order chi connectivity index (χ0) is 21.5. The fraction of sp³-hybridized carbons (Fsp3) is 0.208. The lowest BCUT2D eigenvalue weighted by Crippen LogP contribution is -2.30. The maximum atomic E-state index is 13.2. The number of carbonyl (C=O) groups excluding carboxylic acids is 1. The summed E-state index contributed by atoms with van der Waals surface area (Å²) in [5.41, 5.74) is 1.81. The van der Waals surface area contributed by atoms with Crippen LogP contribution in [0.2, 0.25) is 0 Å². The first-order valence-electron chi connectivity index (χ1n) is 10.1. The van der Waals surface area contributed by atoms with Crippen LogP contribution in [0.25, 0.3) is 10.2 Å². The number of nitrogens with zero attached hydrogens (tertiary/aromatic N) is 3. The molecule has 0 atom stereocenters. The van der Waals surface area contributed by atoms with Gasteiger partial charge in [-0.05, 0) is 54.1 Å². The Hall–Kier alpha value is -2.90. The van der Waals surface area contributed by atoms with Crippen LogP contribution in [0.15, 0.2) is 78.0 Å². The minimum atomic E-state index is 0.0727. The molecule has 7 heteroatoms. The summed E-state index contributed by atoms with van der Waals surface area (Å²) in [6.45, 7) is 0.468. The highest BCUT2D eigenvalue weighted by atomic mass is 32.2. The maximum absolute atomic E-state index is 13.2. The molecule has 4 aromatic rings. The molecule has 2 aromatic heterocycles. The molecule has 31 heavy (non-hydrogen) atoms. The first-order valence-corrected chi connectivity index (χ1v) is 11.9. The van der Waals surface area contributed by atoms with Gasteiger partial charge in [0.1, 0.15) is 11.3 Å². The lowest BCUT2D eigenvalue weighted by atomic mass is 10.2. The van der Waals surface area contributed by atoms with Crippen LogP contribution in [0.4, 0.5) is 5.13 Å². The molecule has 2 aromatic carbocycles. The van der Waals surface area contributed by atoms with Gasteiger partial charge in [0, 0.05) is 23.7 Å². The van der Waals surface area contributed by atoms with E-state index in [0.717, 1.165) is 33.7 Å². The zero-order valence-electron chi connectivity index (χ0n) is 17.2. The van der Waals surface area contributed by atoms with E-state index in [1.807, 2.05) is 48.5 Å². The molecule has 4 rings (SSSR count). The van der Waals surface area contributed by atoms with E-state index in [1.54, 1.807) is 36.2 Å². The highest BCUT2D eigenvalue weighted by Gasteiger charge is 2.21. The molecule has 1 amide bonds. The topological polar surface area (TPSA) is 55.3 Å². The summed E-state index contributed by atoms with van der Waals surface area (Å²) in [5, 5.41) is 0.692. The standard InChI is InChI=1S/C24H23N3O2S2/c1-29-20-9-5-10-21-23(20)26-24(31-21)27(17-18-12-14-25-15-13-18)22(28)11-6-16-30-19-7-3-2-4-8-19/h2-5,7-10,12-15H,6,11,16-17H2,1H3. The van der Waals surface area contributed by atoms with Gasteiger partial charge in [-0.2, -0.15) is 0 Å². The van der Waals surface area contributed by atoms with Gasteiger partial charge >= 0.3 is 0 Å². The Balaban J connectivity index is 1.50. The van der Waals surface area contributed by atoms with Gasteiger partial charge in [0.05, 0.1) is 18.4 Å². The number of amides is 1. The van der Waals surface area contributed by atoms with Crippen molar-refractivity contribution in [1.82, 2.24) is 9.97 Å². The van der Waals surface area contributed by atoms with Gasteiger partial charge < -0.3 is 4.74 Å². The molecule has 5 nitrogen and oxygen atoms in total. The molecular formula is C24H23N3O2S2. The molecule has 0 spiro atoms. The van der Waals surface area contributed by atoms with E-state index >= 15 is 0 Å². The Kier molecular flexibility index (Phi) is 7.17. The van der Waals surface area contributed by atoms with Gasteiger partial charge in [0.2, 0.25) is 5.91 Å². The predicted octanol–water partition coefficient (Wildman–Crippen LogP) is 5.81. The normalized spacial score (nSPS) is 10.9. The van der Waals surface area contributed by atoms with E-state index in [-0.39, 0.29) is 5.91 Å². The monoisotopic (exact) mass is 449 g/mol. The molecule has 0 bridgehead atoms. The van der Waals surface area contributed by atoms with Crippen molar-refractivity contribution in [3.63, 3.8) is 0 Å². The third-order valence-corrected chi connectivity index (χ3v) is 6.90. The molecular weight excluding hydrogens is 426 g/mol. The predicted molar refractivity (Wildman–Crippen MR) is 128 cm³/mol. The summed E-state index contributed by atoms with van der Waals surface area (Å²) in [5.74, 6) is 1.69. The Morgan fingerprint density at radius 3 is 2.65 bits per heavy atom. The number of para-hydroxylation sites is 1. The van der Waals surface area contributed by atoms with Crippen LogP contribution in [0.1, 0.15) is 18.4 Å². The van der Waals surface area contributed by atoms with E-state index in [4.69, 9.17) is 9.72 Å². The fourth-order valence-electron chi connectivity index (χ4n) is 3.19. The van der Waals surface area contributed by atoms with Gasteiger partial charge in [-0.1, -0.05) is 35.6 Å². The van der Waals surface area contributed by atoms with Crippen molar-refractivity contribution in [1.29, 1.82) is 0 Å². The quantitative estimate of drug-likeness (QED) is 0.239. The second-order valence-electron chi connectivity index (χ2n) is 6.90. The van der Waals surface area contributed by atoms with Crippen LogP contribution < -0.4 is 9.64 Å². The lowest BCUT2D eigenvalue weighted by molar-refractivity contribution is -0.118. The van der Waals surface area contributed by atoms with E-state index in [0.29, 0.717) is 18.1 Å². The van der Waals surface area contributed by atoms with Crippen molar-refractivity contribution < 1.29 is 9.53 Å². The molecule has 0 aliphatic carbocycles. The van der Waals surface area contributed by atoms with Crippen LogP contribution in [0.5, 0.6) is 5.75 Å². The Bertz CT molecular complexity index is 1130. The molecule has 2 heterocycles. The molecule has 0 fully saturated rings. The minimum Gasteiger partial charge on any atom is -0.494 e. The van der Waals surface area contributed by atoms with Crippen molar-refractivity contribution in [3.8, 4) is 5.75 Å². The molecule has 0 saturated carbocycles. The number of anilines is 1. The number of carbonyl (C=O) groups is 1. The van der Waals surface area contributed by atoms with E-state index in [2.05, 4.69) is 17.1 Å². The summed E-state index contributed by atoms with van der Waals surface area (Å²) in [4.78, 5) is 25.1. The third kappa shape index (κ3) is 5.42. The van der Waals surface area contributed by atoms with Gasteiger partial charge in [-0.25, -0.2) is 4.98 Å². The van der Waals surface area contributed by atoms with Crippen molar-refractivity contribution in [2.24, 2.45) is 0 Å². The summed E-state index contributed by atoms with van der Waals surface area (Å²) in [7, 11) is 1.64. The Labute approximate surface area is 190 Å². The number of hydrogen-bond donors (Lipinski definition) is 0. The second kappa shape index (κ2) is 10.4. The number of hydrogen-bond acceptors (Lipinski definition) is 6. The number of ether oxygens (including phenoxy) is 1. The van der Waals surface area contributed by atoms with E-state index in [1.165, 1.54) is 16.2 Å². The molecule has 158 valence electrons. The maximum Gasteiger partial charge on any atom is 0.229 e. The van der Waals surface area contributed by atoms with E-state index < -0.39 is 0 Å². The number of thiazole rings is 1. The lowest BCUT2D eigenvalue weighted by Gasteiger charge is -2.20. The fourth-order valence-corrected chi connectivity index (χ4v) is 5.06. The highest BCUT2D eigenvalue weighted by molar-refractivity contribution is 7.99. The van der Waals surface area contributed by atoms with Crippen LogP contribution >= 0.6 is 23.1 Å². The highest BCUT2D eigenvalue weighted by Crippen LogP contribution is 2.35. The van der Waals surface area contributed by atoms with E-state index in [9.17, 15) is 4.79 Å². The number of fused-ring (bicyclic) bond motifs is 1. The zero-order valence-corrected chi connectivity index (χ0v) is 18.9. The molecule has 0 saturated heterocycles. The first kappa shape index (κ1) is 21.3. The van der Waals surface area contributed by atoms with Crippen molar-refractivity contribution in [3.05, 3.63) is 78.6 Å². The van der Waals surface area contributed by atoms with Gasteiger partial charge in [0.25, 0.3) is 0 Å².